The van der Waals surface area contributed by atoms with Crippen LogP contribution in [0.2, 0.25) is 0 Å². The predicted molar refractivity (Wildman–Crippen MR) is 183 cm³/mol. The molecule has 1 aromatic heterocycles. The van der Waals surface area contributed by atoms with E-state index in [2.05, 4.69) is 26.2 Å². The van der Waals surface area contributed by atoms with E-state index >= 15 is 0 Å². The standard InChI is InChI=1S/C35H30BrN3O6S2/c1-16-3-6-18(7-4-16)37-25(40)15-45-24-12-5-17(36)13-21(24)26-27-22-14-23(30(27)46-32-31(26)47-35(43)38-32)29-28(22)33(41)39(34(29)42)19-8-10-20(44-2)11-9-19/h3-13,22-23,26-30H,14-15H2,1-2H3,(H,37,40)(H,38,43)/t22-,23-,26-,27?,28?,29?,30?/m1/s1. The molecule has 9 nitrogen and oxygen atoms in total. The molecule has 12 heteroatoms. The van der Waals surface area contributed by atoms with Crippen LogP contribution in [0, 0.1) is 36.5 Å². The van der Waals surface area contributed by atoms with Crippen molar-refractivity contribution >= 4 is 68.1 Å². The van der Waals surface area contributed by atoms with Crippen LogP contribution in [0.5, 0.6) is 11.5 Å². The van der Waals surface area contributed by atoms with Crippen LogP contribution in [0.15, 0.2) is 81.0 Å². The molecule has 4 aromatic rings. The van der Waals surface area contributed by atoms with Gasteiger partial charge in [0.25, 0.3) is 5.91 Å². The van der Waals surface area contributed by atoms with E-state index in [0.717, 1.165) is 31.9 Å². The van der Waals surface area contributed by atoms with Crippen LogP contribution < -0.4 is 24.6 Å². The first-order chi connectivity index (χ1) is 22.7. The Morgan fingerprint density at radius 1 is 1.00 bits per heavy atom. The number of aryl methyl sites for hydroxylation is 1. The molecular formula is C35H30BrN3O6S2. The Hall–Kier alpha value is -3.87. The summed E-state index contributed by atoms with van der Waals surface area (Å²) >= 11 is 6.45. The van der Waals surface area contributed by atoms with Crippen LogP contribution in [0.3, 0.4) is 0 Å². The fourth-order valence-electron chi connectivity index (χ4n) is 8.22. The van der Waals surface area contributed by atoms with Crippen LogP contribution in [-0.2, 0) is 14.4 Å². The van der Waals surface area contributed by atoms with E-state index in [9.17, 15) is 19.2 Å². The van der Waals surface area contributed by atoms with Gasteiger partial charge in [-0.25, -0.2) is 0 Å². The number of ether oxygens (including phenoxy) is 2. The molecule has 3 amide bonds. The van der Waals surface area contributed by atoms with E-state index in [1.807, 2.05) is 49.4 Å². The minimum absolute atomic E-state index is 0.0178. The number of anilines is 2. The number of amides is 3. The lowest BCUT2D eigenvalue weighted by atomic mass is 9.68. The predicted octanol–water partition coefficient (Wildman–Crippen LogP) is 6.21. The van der Waals surface area contributed by atoms with E-state index in [0.29, 0.717) is 22.9 Å². The van der Waals surface area contributed by atoms with Gasteiger partial charge in [-0.3, -0.25) is 24.1 Å². The second-order valence-electron chi connectivity index (χ2n) is 12.6. The molecule has 3 heterocycles. The number of aromatic amines is 1. The first-order valence-corrected chi connectivity index (χ1v) is 17.9. The molecule has 4 aliphatic rings. The number of thiazole rings is 1. The van der Waals surface area contributed by atoms with Gasteiger partial charge in [0.15, 0.2) is 6.61 Å². The summed E-state index contributed by atoms with van der Waals surface area (Å²) in [4.78, 5) is 58.9. The number of carbonyl (C=O) groups is 3. The van der Waals surface area contributed by atoms with Crippen molar-refractivity contribution in [2.24, 2.45) is 29.6 Å². The number of carbonyl (C=O) groups excluding carboxylic acids is 3. The summed E-state index contributed by atoms with van der Waals surface area (Å²) in [6, 6.07) is 20.3. The third kappa shape index (κ3) is 5.03. The SMILES string of the molecule is COc1ccc(N2C(=O)C3C(C2=O)[C@@H]2C[C@H]3C3Sc4[nH]c(=O)sc4[C@H](c4cc(Br)ccc4OCC(=O)Nc4ccc(C)cc4)C32)cc1. The molecule has 2 aliphatic heterocycles. The van der Waals surface area contributed by atoms with Crippen LogP contribution >= 0.6 is 39.0 Å². The lowest BCUT2D eigenvalue weighted by Crippen LogP contribution is -2.42. The third-order valence-corrected chi connectivity index (χ3v) is 13.1. The topological polar surface area (TPSA) is 118 Å². The van der Waals surface area contributed by atoms with Gasteiger partial charge in [-0.1, -0.05) is 45.0 Å². The number of benzene rings is 3. The molecule has 2 aliphatic carbocycles. The molecule has 8 rings (SSSR count). The highest BCUT2D eigenvalue weighted by atomic mass is 79.9. The summed E-state index contributed by atoms with van der Waals surface area (Å²) in [5.41, 5.74) is 3.18. The largest absolute Gasteiger partial charge is 0.497 e. The Bertz CT molecular complexity index is 1980. The Balaban J connectivity index is 1.13. The second-order valence-corrected chi connectivity index (χ2v) is 15.7. The van der Waals surface area contributed by atoms with Gasteiger partial charge in [-0.15, -0.1) is 11.8 Å². The summed E-state index contributed by atoms with van der Waals surface area (Å²) in [7, 11) is 1.58. The van der Waals surface area contributed by atoms with Crippen molar-refractivity contribution in [2.75, 3.05) is 23.9 Å². The maximum atomic E-state index is 14.1. The van der Waals surface area contributed by atoms with E-state index in [4.69, 9.17) is 9.47 Å². The number of fused-ring (bicyclic) bond motifs is 9. The van der Waals surface area contributed by atoms with Crippen molar-refractivity contribution < 1.29 is 23.9 Å². The minimum Gasteiger partial charge on any atom is -0.497 e. The molecule has 2 bridgehead atoms. The molecule has 240 valence electrons. The number of nitrogens with one attached hydrogen (secondary N) is 2. The smallest absolute Gasteiger partial charge is 0.305 e. The van der Waals surface area contributed by atoms with Crippen molar-refractivity contribution in [3.05, 3.63) is 96.9 Å². The molecule has 2 saturated carbocycles. The van der Waals surface area contributed by atoms with Gasteiger partial charge in [-0.05, 0) is 85.7 Å². The zero-order valence-corrected chi connectivity index (χ0v) is 28.6. The fourth-order valence-corrected chi connectivity index (χ4v) is 11.5. The van der Waals surface area contributed by atoms with Crippen LogP contribution in [0.25, 0.3) is 0 Å². The van der Waals surface area contributed by atoms with Crippen LogP contribution in [0.1, 0.15) is 28.3 Å². The number of imide groups is 1. The van der Waals surface area contributed by atoms with Crippen LogP contribution in [0.4, 0.5) is 11.4 Å². The molecule has 4 unspecified atom stereocenters. The average Bonchev–Trinajstić information content (AvgIpc) is 3.80. The van der Waals surface area contributed by atoms with E-state index in [1.165, 1.54) is 16.2 Å². The Morgan fingerprint density at radius 2 is 1.72 bits per heavy atom. The number of H-pyrrole nitrogens is 1. The Labute approximate surface area is 287 Å². The highest BCUT2D eigenvalue weighted by molar-refractivity contribution is 9.10. The number of rotatable bonds is 7. The Morgan fingerprint density at radius 3 is 2.45 bits per heavy atom. The molecular weight excluding hydrogens is 702 g/mol. The highest BCUT2D eigenvalue weighted by Gasteiger charge is 2.69. The molecule has 7 atom stereocenters. The molecule has 47 heavy (non-hydrogen) atoms. The van der Waals surface area contributed by atoms with E-state index < -0.39 is 11.8 Å². The van der Waals surface area contributed by atoms with Gasteiger partial charge in [-0.2, -0.15) is 0 Å². The molecule has 0 radical (unpaired) electrons. The van der Waals surface area contributed by atoms with Crippen molar-refractivity contribution in [1.29, 1.82) is 0 Å². The molecule has 0 spiro atoms. The van der Waals surface area contributed by atoms with Gasteiger partial charge < -0.3 is 19.8 Å². The number of halogens is 1. The van der Waals surface area contributed by atoms with Crippen molar-refractivity contribution in [2.45, 2.75) is 29.5 Å². The van der Waals surface area contributed by atoms with Gasteiger partial charge >= 0.3 is 4.87 Å². The lowest BCUT2D eigenvalue weighted by molar-refractivity contribution is -0.123. The second kappa shape index (κ2) is 11.7. The quantitative estimate of drug-likeness (QED) is 0.217. The number of hydrogen-bond acceptors (Lipinski definition) is 8. The first-order valence-electron chi connectivity index (χ1n) is 15.4. The van der Waals surface area contributed by atoms with E-state index in [-0.39, 0.29) is 58.1 Å². The molecule has 2 N–H and O–H groups in total. The summed E-state index contributed by atoms with van der Waals surface area (Å²) in [6.45, 7) is 1.78. The van der Waals surface area contributed by atoms with E-state index in [1.54, 1.807) is 43.1 Å². The first kappa shape index (κ1) is 30.5. The maximum absolute atomic E-state index is 14.1. The van der Waals surface area contributed by atoms with Crippen molar-refractivity contribution in [1.82, 2.24) is 4.98 Å². The summed E-state index contributed by atoms with van der Waals surface area (Å²) in [6.07, 6.45) is 0.768. The number of nitrogens with zero attached hydrogens (tertiary/aromatic N) is 1. The highest BCUT2D eigenvalue weighted by Crippen LogP contribution is 2.69. The molecule has 1 saturated heterocycles. The van der Waals surface area contributed by atoms with Gasteiger partial charge in [0.2, 0.25) is 11.8 Å². The summed E-state index contributed by atoms with van der Waals surface area (Å²) in [5.74, 6) is -0.602. The number of methoxy groups -OCH3 is 1. The van der Waals surface area contributed by atoms with Crippen molar-refractivity contribution in [3.63, 3.8) is 0 Å². The summed E-state index contributed by atoms with van der Waals surface area (Å²) in [5, 5.41) is 3.71. The molecule has 3 aromatic carbocycles. The number of hydrogen-bond donors (Lipinski definition) is 2. The zero-order chi connectivity index (χ0) is 32.6. The average molecular weight is 733 g/mol. The zero-order valence-electron chi connectivity index (χ0n) is 25.4. The number of aromatic nitrogens is 1. The molecule has 3 fully saturated rings. The van der Waals surface area contributed by atoms with Gasteiger partial charge in [0.05, 0.1) is 29.7 Å². The maximum Gasteiger partial charge on any atom is 0.305 e. The fraction of sp³-hybridized carbons (Fsp3) is 0.314. The van der Waals surface area contributed by atoms with Gasteiger partial charge in [0.1, 0.15) is 11.5 Å². The Kier molecular flexibility index (Phi) is 7.57. The third-order valence-electron chi connectivity index (χ3n) is 10.1. The lowest BCUT2D eigenvalue weighted by Gasteiger charge is -2.43. The van der Waals surface area contributed by atoms with Crippen molar-refractivity contribution in [3.8, 4) is 11.5 Å². The summed E-state index contributed by atoms with van der Waals surface area (Å²) < 4.78 is 12.3. The van der Waals surface area contributed by atoms with Crippen LogP contribution in [-0.4, -0.2) is 41.7 Å². The number of thioether (sulfide) groups is 1. The van der Waals surface area contributed by atoms with Gasteiger partial charge in [0, 0.05) is 31.8 Å². The normalized spacial score (nSPS) is 27.0. The minimum atomic E-state index is -0.437. The monoisotopic (exact) mass is 731 g/mol.